The normalized spacial score (nSPS) is 20.5. The second kappa shape index (κ2) is 9.65. The molecule has 2 aliphatic rings. The summed E-state index contributed by atoms with van der Waals surface area (Å²) in [4.78, 5) is 26.9. The highest BCUT2D eigenvalue weighted by Crippen LogP contribution is 2.47. The minimum atomic E-state index is -0.527. The van der Waals surface area contributed by atoms with Crippen LogP contribution in [0.3, 0.4) is 0 Å². The first-order valence-corrected chi connectivity index (χ1v) is 11.5. The number of carbonyl (C=O) groups excluding carboxylic acids is 2. The minimum Gasteiger partial charge on any atom is -0.496 e. The molecule has 0 radical (unpaired) electrons. The fraction of sp³-hybridized carbons (Fsp3) is 0.357. The van der Waals surface area contributed by atoms with Gasteiger partial charge in [0.05, 0.1) is 25.2 Å². The summed E-state index contributed by atoms with van der Waals surface area (Å²) in [6.07, 6.45) is 1.12. The number of nitrogens with one attached hydrogen (secondary N) is 1. The molecule has 2 aromatic carbocycles. The third kappa shape index (κ3) is 4.58. The lowest BCUT2D eigenvalue weighted by atomic mass is 9.71. The molecule has 33 heavy (non-hydrogen) atoms. The Kier molecular flexibility index (Phi) is 6.68. The fourth-order valence-corrected chi connectivity index (χ4v) is 4.81. The largest absolute Gasteiger partial charge is 0.496 e. The van der Waals surface area contributed by atoms with Crippen LogP contribution in [0.2, 0.25) is 0 Å². The van der Waals surface area contributed by atoms with Crippen LogP contribution >= 0.6 is 0 Å². The molecule has 4 rings (SSSR count). The summed E-state index contributed by atoms with van der Waals surface area (Å²) >= 11 is 0. The number of esters is 1. The first kappa shape index (κ1) is 22.8. The molecule has 0 amide bonds. The zero-order chi connectivity index (χ0) is 23.5. The number of benzene rings is 2. The van der Waals surface area contributed by atoms with Gasteiger partial charge in [-0.25, -0.2) is 4.79 Å². The summed E-state index contributed by atoms with van der Waals surface area (Å²) in [5.74, 6) is 0.0983. The van der Waals surface area contributed by atoms with E-state index >= 15 is 0 Å². The summed E-state index contributed by atoms with van der Waals surface area (Å²) < 4.78 is 11.3. The Hall–Kier alpha value is -3.34. The van der Waals surface area contributed by atoms with Gasteiger partial charge in [-0.15, -0.1) is 0 Å². The number of methoxy groups -OCH3 is 1. The van der Waals surface area contributed by atoms with Crippen LogP contribution in [-0.4, -0.2) is 25.5 Å². The third-order valence-electron chi connectivity index (χ3n) is 6.32. The molecule has 5 heteroatoms. The number of rotatable bonds is 6. The number of hydrogen-bond donors (Lipinski definition) is 1. The molecule has 0 saturated heterocycles. The lowest BCUT2D eigenvalue weighted by Gasteiger charge is -2.37. The Bertz CT molecular complexity index is 1110. The molecule has 1 N–H and O–H groups in total. The zero-order valence-corrected chi connectivity index (χ0v) is 19.7. The van der Waals surface area contributed by atoms with Crippen LogP contribution in [0.25, 0.3) is 0 Å². The molecule has 0 saturated carbocycles. The summed E-state index contributed by atoms with van der Waals surface area (Å²) in [6.45, 7) is 6.21. The molecule has 5 nitrogen and oxygen atoms in total. The summed E-state index contributed by atoms with van der Waals surface area (Å²) in [6, 6.07) is 17.7. The van der Waals surface area contributed by atoms with Crippen molar-refractivity contribution in [3.05, 3.63) is 88.3 Å². The molecule has 172 valence electrons. The Morgan fingerprint density at radius 3 is 2.45 bits per heavy atom. The van der Waals surface area contributed by atoms with E-state index in [1.165, 1.54) is 0 Å². The number of ketones is 1. The molecule has 0 bridgehead atoms. The zero-order valence-electron chi connectivity index (χ0n) is 19.7. The molecule has 0 fully saturated rings. The monoisotopic (exact) mass is 445 g/mol. The summed E-state index contributed by atoms with van der Waals surface area (Å²) in [7, 11) is 1.61. The average Bonchev–Trinajstić information content (AvgIpc) is 2.82. The van der Waals surface area contributed by atoms with Gasteiger partial charge in [0.2, 0.25) is 0 Å². The predicted octanol–water partition coefficient (Wildman–Crippen LogP) is 5.26. The average molecular weight is 446 g/mol. The van der Waals surface area contributed by atoms with Crippen molar-refractivity contribution in [2.75, 3.05) is 13.7 Å². The van der Waals surface area contributed by atoms with Crippen molar-refractivity contribution in [2.45, 2.75) is 45.4 Å². The van der Waals surface area contributed by atoms with Gasteiger partial charge >= 0.3 is 5.97 Å². The van der Waals surface area contributed by atoms with Crippen LogP contribution in [-0.2, 0) is 14.3 Å². The Morgan fingerprint density at radius 1 is 1.06 bits per heavy atom. The van der Waals surface area contributed by atoms with Gasteiger partial charge in [-0.05, 0) is 36.8 Å². The highest BCUT2D eigenvalue weighted by atomic mass is 16.5. The van der Waals surface area contributed by atoms with Crippen molar-refractivity contribution in [2.24, 2.45) is 5.92 Å². The maximum atomic E-state index is 13.6. The minimum absolute atomic E-state index is 0.0511. The van der Waals surface area contributed by atoms with Gasteiger partial charge in [-0.2, -0.15) is 0 Å². The maximum absolute atomic E-state index is 13.6. The van der Waals surface area contributed by atoms with Gasteiger partial charge in [-0.1, -0.05) is 62.4 Å². The van der Waals surface area contributed by atoms with E-state index in [-0.39, 0.29) is 17.6 Å². The molecule has 2 aromatic rings. The lowest BCUT2D eigenvalue weighted by molar-refractivity contribution is -0.140. The Balaban J connectivity index is 1.80. The second-order valence-corrected chi connectivity index (χ2v) is 9.16. The molecule has 1 heterocycles. The van der Waals surface area contributed by atoms with Crippen molar-refractivity contribution in [3.63, 3.8) is 0 Å². The smallest absolute Gasteiger partial charge is 0.336 e. The molecule has 2 atom stereocenters. The molecule has 0 spiro atoms. The van der Waals surface area contributed by atoms with Crippen LogP contribution in [0.5, 0.6) is 5.75 Å². The molecule has 1 aliphatic carbocycles. The SMILES string of the molecule is COc1ccccc1C1C(C(=O)OCC(C)C)=C(C)NC2=C1C(=O)CC(c1ccccc1)C2. The Morgan fingerprint density at radius 2 is 1.76 bits per heavy atom. The number of para-hydroxylation sites is 1. The van der Waals surface area contributed by atoms with Crippen LogP contribution in [0.1, 0.15) is 56.6 Å². The van der Waals surface area contributed by atoms with Crippen molar-refractivity contribution < 1.29 is 19.1 Å². The fourth-order valence-electron chi connectivity index (χ4n) is 4.81. The lowest BCUT2D eigenvalue weighted by Crippen LogP contribution is -2.36. The number of hydrogen-bond acceptors (Lipinski definition) is 5. The molecule has 2 unspecified atom stereocenters. The van der Waals surface area contributed by atoms with Gasteiger partial charge in [0.1, 0.15) is 5.75 Å². The van der Waals surface area contributed by atoms with Crippen molar-refractivity contribution in [1.82, 2.24) is 5.32 Å². The molecular weight excluding hydrogens is 414 g/mol. The highest BCUT2D eigenvalue weighted by molar-refractivity contribution is 6.04. The van der Waals surface area contributed by atoms with Crippen LogP contribution in [0.4, 0.5) is 0 Å². The molecule has 0 aromatic heterocycles. The van der Waals surface area contributed by atoms with E-state index in [0.717, 1.165) is 22.5 Å². The number of allylic oxidation sites excluding steroid dienone is 3. The van der Waals surface area contributed by atoms with Crippen LogP contribution in [0.15, 0.2) is 77.1 Å². The summed E-state index contributed by atoms with van der Waals surface area (Å²) in [5, 5.41) is 3.40. The van der Waals surface area contributed by atoms with Gasteiger partial charge in [0.15, 0.2) is 5.78 Å². The van der Waals surface area contributed by atoms with Crippen molar-refractivity contribution in [1.29, 1.82) is 0 Å². The number of ether oxygens (including phenoxy) is 2. The quantitative estimate of drug-likeness (QED) is 0.615. The van der Waals surface area contributed by atoms with Crippen molar-refractivity contribution in [3.8, 4) is 5.75 Å². The van der Waals surface area contributed by atoms with E-state index in [1.54, 1.807) is 7.11 Å². The van der Waals surface area contributed by atoms with Gasteiger partial charge < -0.3 is 14.8 Å². The third-order valence-corrected chi connectivity index (χ3v) is 6.32. The molecular formula is C28H31NO4. The topological polar surface area (TPSA) is 64.6 Å². The van der Waals surface area contributed by atoms with Crippen molar-refractivity contribution >= 4 is 11.8 Å². The number of Topliss-reactive ketones (excluding diaryl/α,β-unsaturated/α-hetero) is 1. The van der Waals surface area contributed by atoms with E-state index in [9.17, 15) is 9.59 Å². The van der Waals surface area contributed by atoms with E-state index < -0.39 is 11.9 Å². The van der Waals surface area contributed by atoms with Crippen LogP contribution < -0.4 is 10.1 Å². The van der Waals surface area contributed by atoms with Crippen LogP contribution in [0, 0.1) is 5.92 Å². The van der Waals surface area contributed by atoms with E-state index in [0.29, 0.717) is 36.3 Å². The molecule has 1 aliphatic heterocycles. The standard InChI is InChI=1S/C28H31NO4/c1-17(2)16-33-28(31)25-18(3)29-22-14-20(19-10-6-5-7-11-19)15-23(30)27(22)26(25)21-12-8-9-13-24(21)32-4/h5-13,17,20,26,29H,14-16H2,1-4H3. The number of dihydropyridines is 1. The van der Waals surface area contributed by atoms with E-state index in [1.807, 2.05) is 63.2 Å². The maximum Gasteiger partial charge on any atom is 0.336 e. The van der Waals surface area contributed by atoms with Gasteiger partial charge in [-0.3, -0.25) is 4.79 Å². The Labute approximate surface area is 195 Å². The first-order valence-electron chi connectivity index (χ1n) is 11.5. The highest BCUT2D eigenvalue weighted by Gasteiger charge is 2.42. The van der Waals surface area contributed by atoms with E-state index in [2.05, 4.69) is 17.4 Å². The first-order chi connectivity index (χ1) is 15.9. The van der Waals surface area contributed by atoms with Gasteiger partial charge in [0, 0.05) is 29.0 Å². The summed E-state index contributed by atoms with van der Waals surface area (Å²) in [5.41, 5.74) is 4.68. The second-order valence-electron chi connectivity index (χ2n) is 9.16. The number of carbonyl (C=O) groups is 2. The predicted molar refractivity (Wildman–Crippen MR) is 128 cm³/mol. The van der Waals surface area contributed by atoms with Gasteiger partial charge in [0.25, 0.3) is 0 Å². The van der Waals surface area contributed by atoms with E-state index in [4.69, 9.17) is 9.47 Å².